The molecule has 7 nitrogen and oxygen atoms in total. The van der Waals surface area contributed by atoms with Crippen molar-refractivity contribution in [2.45, 2.75) is 6.92 Å². The molecule has 2 N–H and O–H groups in total. The number of aryl methyl sites for hydroxylation is 1. The number of fused-ring (bicyclic) bond motifs is 1. The van der Waals surface area contributed by atoms with Crippen LogP contribution in [-0.4, -0.2) is 24.8 Å². The van der Waals surface area contributed by atoms with Crippen molar-refractivity contribution in [3.05, 3.63) is 80.1 Å². The van der Waals surface area contributed by atoms with Crippen LogP contribution < -0.4 is 16.3 Å². The summed E-state index contributed by atoms with van der Waals surface area (Å²) in [6.07, 6.45) is 5.19. The van der Waals surface area contributed by atoms with E-state index in [2.05, 4.69) is 25.3 Å². The molecule has 0 saturated heterocycles. The van der Waals surface area contributed by atoms with Crippen LogP contribution in [0.5, 0.6) is 0 Å². The summed E-state index contributed by atoms with van der Waals surface area (Å²) >= 11 is 5.99. The monoisotopic (exact) mass is 352 g/mol. The van der Waals surface area contributed by atoms with Crippen molar-refractivity contribution in [2.75, 3.05) is 0 Å². The molecule has 0 saturated carbocycles. The Kier molecular flexibility index (Phi) is 3.70. The van der Waals surface area contributed by atoms with E-state index in [0.717, 1.165) is 10.9 Å². The Balaban J connectivity index is 1.90. The number of rotatable bonds is 2. The Morgan fingerprint density at radius 1 is 1.28 bits per heavy atom. The Labute approximate surface area is 146 Å². The first-order valence-electron chi connectivity index (χ1n) is 7.54. The number of aromatic amines is 2. The normalized spacial score (nSPS) is 13.0. The minimum absolute atomic E-state index is 0.184. The van der Waals surface area contributed by atoms with Gasteiger partial charge in [0, 0.05) is 28.2 Å². The highest BCUT2D eigenvalue weighted by Gasteiger charge is 2.05. The smallest absolute Gasteiger partial charge is 0.271 e. The van der Waals surface area contributed by atoms with Crippen LogP contribution in [0.15, 0.2) is 52.5 Å². The van der Waals surface area contributed by atoms with Crippen molar-refractivity contribution < 1.29 is 0 Å². The quantitative estimate of drug-likeness (QED) is 0.572. The van der Waals surface area contributed by atoms with Crippen molar-refractivity contribution >= 4 is 29.0 Å². The van der Waals surface area contributed by atoms with E-state index in [9.17, 15) is 4.79 Å². The fourth-order valence-electron chi connectivity index (χ4n) is 2.50. The molecule has 8 heteroatoms. The van der Waals surface area contributed by atoms with E-state index < -0.39 is 0 Å². The van der Waals surface area contributed by atoms with Gasteiger partial charge in [-0.05, 0) is 31.2 Å². The second kappa shape index (κ2) is 6.03. The topological polar surface area (TPSA) is 91.2 Å². The Morgan fingerprint density at radius 2 is 2.16 bits per heavy atom. The summed E-state index contributed by atoms with van der Waals surface area (Å²) in [4.78, 5) is 20.9. The maximum atomic E-state index is 11.8. The molecule has 3 heterocycles. The summed E-state index contributed by atoms with van der Waals surface area (Å²) in [6, 6.07) is 9.00. The van der Waals surface area contributed by atoms with E-state index in [0.29, 0.717) is 27.4 Å². The Hall–Kier alpha value is -3.19. The van der Waals surface area contributed by atoms with E-state index in [-0.39, 0.29) is 5.56 Å². The van der Waals surface area contributed by atoms with Crippen molar-refractivity contribution in [3.8, 4) is 0 Å². The number of nitrogens with one attached hydrogen (secondary N) is 2. The highest BCUT2D eigenvalue weighted by atomic mass is 35.5. The standard InChI is InChI=1S/C17H13ClN6O/c1-10-14(17(25)23-22-10)7-11-9-19-24-6-5-15(21-16(11)24)20-13-4-2-3-12(18)8-13/h2-9H,1H3,(H2,22,23,25)/b11-7-,20-15?. The zero-order valence-corrected chi connectivity index (χ0v) is 13.9. The van der Waals surface area contributed by atoms with Crippen LogP contribution in [0.3, 0.4) is 0 Å². The van der Waals surface area contributed by atoms with Crippen molar-refractivity contribution in [2.24, 2.45) is 4.99 Å². The summed E-state index contributed by atoms with van der Waals surface area (Å²) in [7, 11) is 0. The van der Waals surface area contributed by atoms with Gasteiger partial charge in [0.05, 0.1) is 17.4 Å². The highest BCUT2D eigenvalue weighted by molar-refractivity contribution is 6.30. The second-order valence-electron chi connectivity index (χ2n) is 5.51. The molecule has 0 radical (unpaired) electrons. The minimum Gasteiger partial charge on any atom is -0.302 e. The predicted molar refractivity (Wildman–Crippen MR) is 94.6 cm³/mol. The molecule has 0 fully saturated rings. The van der Waals surface area contributed by atoms with Gasteiger partial charge in [0.25, 0.3) is 5.56 Å². The van der Waals surface area contributed by atoms with Crippen LogP contribution in [0.25, 0.3) is 11.7 Å². The van der Waals surface area contributed by atoms with Crippen LogP contribution in [0.1, 0.15) is 11.3 Å². The second-order valence-corrected chi connectivity index (χ2v) is 5.94. The predicted octanol–water partition coefficient (Wildman–Crippen LogP) is 1.49. The van der Waals surface area contributed by atoms with Crippen molar-refractivity contribution in [1.82, 2.24) is 24.8 Å². The number of halogens is 1. The molecule has 4 rings (SSSR count). The third kappa shape index (κ3) is 2.97. The number of hydrogen-bond donors (Lipinski definition) is 2. The van der Waals surface area contributed by atoms with Gasteiger partial charge in [-0.1, -0.05) is 17.7 Å². The van der Waals surface area contributed by atoms with Crippen LogP contribution in [0.2, 0.25) is 5.02 Å². The average molecular weight is 353 g/mol. The molecule has 124 valence electrons. The first kappa shape index (κ1) is 15.3. The van der Waals surface area contributed by atoms with E-state index in [1.807, 2.05) is 19.1 Å². The molecular weight excluding hydrogens is 340 g/mol. The fraction of sp³-hybridized carbons (Fsp3) is 0.0588. The zero-order valence-electron chi connectivity index (χ0n) is 13.2. The Morgan fingerprint density at radius 3 is 2.92 bits per heavy atom. The summed E-state index contributed by atoms with van der Waals surface area (Å²) in [6.45, 7) is 1.82. The molecule has 0 bridgehead atoms. The Bertz CT molecular complexity index is 1250. The highest BCUT2D eigenvalue weighted by Crippen LogP contribution is 2.16. The lowest BCUT2D eigenvalue weighted by atomic mass is 10.2. The molecule has 0 aliphatic carbocycles. The van der Waals surface area contributed by atoms with Gasteiger partial charge in [-0.2, -0.15) is 5.10 Å². The summed E-state index contributed by atoms with van der Waals surface area (Å²) in [5, 5.41) is 11.0. The number of H-pyrrole nitrogens is 2. The molecule has 3 aromatic heterocycles. The zero-order chi connectivity index (χ0) is 17.4. The molecule has 4 aromatic rings. The fourth-order valence-corrected chi connectivity index (χ4v) is 2.69. The van der Waals surface area contributed by atoms with Gasteiger partial charge >= 0.3 is 0 Å². The molecule has 0 atom stereocenters. The largest absolute Gasteiger partial charge is 0.302 e. The molecule has 0 unspecified atom stereocenters. The van der Waals surface area contributed by atoms with Crippen LogP contribution in [0, 0.1) is 6.92 Å². The van der Waals surface area contributed by atoms with Gasteiger partial charge in [0.15, 0.2) is 11.1 Å². The van der Waals surface area contributed by atoms with E-state index in [1.54, 1.807) is 41.2 Å². The molecular formula is C17H13ClN6O. The van der Waals surface area contributed by atoms with Crippen molar-refractivity contribution in [1.29, 1.82) is 0 Å². The molecule has 0 aliphatic heterocycles. The van der Waals surface area contributed by atoms with E-state index >= 15 is 0 Å². The maximum Gasteiger partial charge on any atom is 0.271 e. The van der Waals surface area contributed by atoms with Gasteiger partial charge in [-0.25, -0.2) is 14.5 Å². The number of benzene rings is 1. The minimum atomic E-state index is -0.184. The van der Waals surface area contributed by atoms with Gasteiger partial charge in [0.2, 0.25) is 0 Å². The number of aromatic nitrogens is 5. The molecule has 1 aromatic carbocycles. The van der Waals surface area contributed by atoms with Gasteiger partial charge in [-0.15, -0.1) is 0 Å². The van der Waals surface area contributed by atoms with Gasteiger partial charge in [0.1, 0.15) is 0 Å². The third-order valence-corrected chi connectivity index (χ3v) is 3.98. The van der Waals surface area contributed by atoms with E-state index in [1.165, 1.54) is 0 Å². The molecule has 0 amide bonds. The van der Waals surface area contributed by atoms with Crippen LogP contribution in [0.4, 0.5) is 5.69 Å². The average Bonchev–Trinajstić information content (AvgIpc) is 3.13. The summed E-state index contributed by atoms with van der Waals surface area (Å²) in [5.41, 5.74) is 2.98. The SMILES string of the molecule is Cc1[nH][nH]c(=O)c1/C=c1/cnn2ccc(=Nc3cccc(Cl)c3)nc12. The van der Waals surface area contributed by atoms with Crippen LogP contribution in [-0.2, 0) is 0 Å². The van der Waals surface area contributed by atoms with E-state index in [4.69, 9.17) is 11.6 Å². The number of nitrogens with zero attached hydrogens (tertiary/aromatic N) is 4. The van der Waals surface area contributed by atoms with Crippen molar-refractivity contribution in [3.63, 3.8) is 0 Å². The lowest BCUT2D eigenvalue weighted by Gasteiger charge is -1.95. The molecule has 25 heavy (non-hydrogen) atoms. The van der Waals surface area contributed by atoms with Gasteiger partial charge in [-0.3, -0.25) is 9.89 Å². The summed E-state index contributed by atoms with van der Waals surface area (Å²) < 4.78 is 1.64. The molecule has 0 spiro atoms. The first-order chi connectivity index (χ1) is 12.1. The summed E-state index contributed by atoms with van der Waals surface area (Å²) in [5.74, 6) is 0. The maximum absolute atomic E-state index is 11.8. The first-order valence-corrected chi connectivity index (χ1v) is 7.91. The number of hydrogen-bond acceptors (Lipinski definition) is 4. The lowest BCUT2D eigenvalue weighted by Crippen LogP contribution is -2.13. The van der Waals surface area contributed by atoms with Gasteiger partial charge < -0.3 is 5.10 Å². The lowest BCUT2D eigenvalue weighted by molar-refractivity contribution is 0.923. The van der Waals surface area contributed by atoms with Crippen LogP contribution >= 0.6 is 11.6 Å². The molecule has 0 aliphatic rings. The third-order valence-electron chi connectivity index (χ3n) is 3.75.